The number of rotatable bonds is 9. The van der Waals surface area contributed by atoms with Gasteiger partial charge in [-0.25, -0.2) is 4.39 Å². The molecule has 2 N–H and O–H groups in total. The number of amides is 2. The lowest BCUT2D eigenvalue weighted by Gasteiger charge is -2.13. The van der Waals surface area contributed by atoms with Crippen molar-refractivity contribution in [2.45, 2.75) is 0 Å². The van der Waals surface area contributed by atoms with Crippen LogP contribution in [0.3, 0.4) is 0 Å². The minimum atomic E-state index is -0.388. The Morgan fingerprint density at radius 3 is 2.14 bits per heavy atom. The Morgan fingerprint density at radius 2 is 1.34 bits per heavy atom. The van der Waals surface area contributed by atoms with E-state index < -0.39 is 0 Å². The molecule has 6 nitrogen and oxygen atoms in total. The van der Waals surface area contributed by atoms with E-state index in [1.165, 1.54) is 24.3 Å². The van der Waals surface area contributed by atoms with Crippen LogP contribution in [-0.4, -0.2) is 25.0 Å². The van der Waals surface area contributed by atoms with Gasteiger partial charge in [-0.05, 0) is 66.7 Å². The monoisotopic (exact) mass is 470 g/mol. The molecule has 4 rings (SSSR count). The molecule has 0 aliphatic rings. The molecule has 35 heavy (non-hydrogen) atoms. The minimum Gasteiger partial charge on any atom is -0.490 e. The molecule has 0 aromatic heterocycles. The first-order valence-electron chi connectivity index (χ1n) is 11.0. The molecule has 0 atom stereocenters. The highest BCUT2D eigenvalue weighted by molar-refractivity contribution is 6.08. The van der Waals surface area contributed by atoms with Crippen molar-refractivity contribution in [3.63, 3.8) is 0 Å². The van der Waals surface area contributed by atoms with Crippen molar-refractivity contribution in [1.82, 2.24) is 0 Å². The predicted octanol–water partition coefficient (Wildman–Crippen LogP) is 5.79. The lowest BCUT2D eigenvalue weighted by Crippen LogP contribution is -2.16. The molecule has 0 radical (unpaired) electrons. The Hall–Kier alpha value is -4.65. The summed E-state index contributed by atoms with van der Waals surface area (Å²) in [7, 11) is 0. The van der Waals surface area contributed by atoms with Gasteiger partial charge in [0.1, 0.15) is 30.5 Å². The highest BCUT2D eigenvalue weighted by Crippen LogP contribution is 2.21. The standard InChI is InChI=1S/C28H23FN2O4/c29-21-13-15-22(16-14-21)30-27(32)20-7-6-8-23(19-20)31-28(33)25-11-4-5-12-26(25)35-18-17-34-24-9-2-1-3-10-24/h1-16,19H,17-18H2,(H,30,32)(H,31,33). The Morgan fingerprint density at radius 1 is 0.657 bits per heavy atom. The topological polar surface area (TPSA) is 76.7 Å². The summed E-state index contributed by atoms with van der Waals surface area (Å²) in [5.74, 6) is 0.0218. The average molecular weight is 471 g/mol. The Balaban J connectivity index is 1.37. The maximum absolute atomic E-state index is 13.1. The number of carbonyl (C=O) groups is 2. The number of carbonyl (C=O) groups excluding carboxylic acids is 2. The third-order valence-corrected chi connectivity index (χ3v) is 4.97. The Labute approximate surface area is 202 Å². The van der Waals surface area contributed by atoms with Crippen molar-refractivity contribution in [1.29, 1.82) is 0 Å². The zero-order chi connectivity index (χ0) is 24.5. The molecule has 7 heteroatoms. The number of halogens is 1. The van der Waals surface area contributed by atoms with Gasteiger partial charge in [0.2, 0.25) is 0 Å². The van der Waals surface area contributed by atoms with Gasteiger partial charge in [0.05, 0.1) is 5.56 Å². The third kappa shape index (κ3) is 6.68. The summed E-state index contributed by atoms with van der Waals surface area (Å²) in [4.78, 5) is 25.5. The predicted molar refractivity (Wildman–Crippen MR) is 133 cm³/mol. The number of nitrogens with one attached hydrogen (secondary N) is 2. The van der Waals surface area contributed by atoms with Crippen LogP contribution in [0.15, 0.2) is 103 Å². The summed E-state index contributed by atoms with van der Waals surface area (Å²) < 4.78 is 24.5. The van der Waals surface area contributed by atoms with Gasteiger partial charge < -0.3 is 20.1 Å². The fourth-order valence-corrected chi connectivity index (χ4v) is 3.28. The van der Waals surface area contributed by atoms with Crippen LogP contribution in [0.4, 0.5) is 15.8 Å². The maximum Gasteiger partial charge on any atom is 0.259 e. The smallest absolute Gasteiger partial charge is 0.259 e. The Bertz CT molecular complexity index is 1290. The SMILES string of the molecule is O=C(Nc1ccc(F)cc1)c1cccc(NC(=O)c2ccccc2OCCOc2ccccc2)c1. The molecule has 2 amide bonds. The molecule has 0 saturated heterocycles. The van der Waals surface area contributed by atoms with Gasteiger partial charge in [-0.3, -0.25) is 9.59 Å². The zero-order valence-corrected chi connectivity index (χ0v) is 18.7. The second-order valence-electron chi connectivity index (χ2n) is 7.50. The summed E-state index contributed by atoms with van der Waals surface area (Å²) in [6.45, 7) is 0.587. The normalized spacial score (nSPS) is 10.3. The molecule has 0 unspecified atom stereocenters. The molecule has 0 bridgehead atoms. The van der Waals surface area contributed by atoms with Crippen LogP contribution in [0, 0.1) is 5.82 Å². The first kappa shape index (κ1) is 23.5. The van der Waals surface area contributed by atoms with Gasteiger partial charge >= 0.3 is 0 Å². The number of ether oxygens (including phenoxy) is 2. The Kier molecular flexibility index (Phi) is 7.70. The summed E-state index contributed by atoms with van der Waals surface area (Å²) in [5, 5.41) is 5.50. The van der Waals surface area contributed by atoms with E-state index in [-0.39, 0.29) is 24.2 Å². The molecule has 176 valence electrons. The fraction of sp³-hybridized carbons (Fsp3) is 0.0714. The highest BCUT2D eigenvalue weighted by atomic mass is 19.1. The van der Waals surface area contributed by atoms with E-state index in [4.69, 9.17) is 9.47 Å². The van der Waals surface area contributed by atoms with Crippen molar-refractivity contribution >= 4 is 23.2 Å². The van der Waals surface area contributed by atoms with Crippen molar-refractivity contribution in [2.24, 2.45) is 0 Å². The third-order valence-electron chi connectivity index (χ3n) is 4.97. The van der Waals surface area contributed by atoms with E-state index in [1.807, 2.05) is 30.3 Å². The van der Waals surface area contributed by atoms with Crippen LogP contribution in [0.2, 0.25) is 0 Å². The number of hydrogen-bond acceptors (Lipinski definition) is 4. The van der Waals surface area contributed by atoms with Crippen LogP contribution in [0.1, 0.15) is 20.7 Å². The molecule has 0 spiro atoms. The highest BCUT2D eigenvalue weighted by Gasteiger charge is 2.14. The first-order chi connectivity index (χ1) is 17.1. The van der Waals surface area contributed by atoms with Gasteiger partial charge in [0.15, 0.2) is 0 Å². The van der Waals surface area contributed by atoms with E-state index in [9.17, 15) is 14.0 Å². The molecule has 0 saturated carbocycles. The van der Waals surface area contributed by atoms with Crippen molar-refractivity contribution in [2.75, 3.05) is 23.8 Å². The summed E-state index contributed by atoms with van der Waals surface area (Å²) in [5.41, 5.74) is 1.61. The van der Waals surface area contributed by atoms with Crippen LogP contribution in [0.5, 0.6) is 11.5 Å². The quantitative estimate of drug-likeness (QED) is 0.304. The van der Waals surface area contributed by atoms with Gasteiger partial charge in [0, 0.05) is 16.9 Å². The number of para-hydroxylation sites is 2. The van der Waals surface area contributed by atoms with Crippen LogP contribution in [0.25, 0.3) is 0 Å². The summed E-state index contributed by atoms with van der Waals surface area (Å²) in [6.07, 6.45) is 0. The van der Waals surface area contributed by atoms with Gasteiger partial charge in [-0.2, -0.15) is 0 Å². The van der Waals surface area contributed by atoms with Gasteiger partial charge in [-0.15, -0.1) is 0 Å². The first-order valence-corrected chi connectivity index (χ1v) is 11.0. The number of benzene rings is 4. The largest absolute Gasteiger partial charge is 0.490 e. The van der Waals surface area contributed by atoms with Gasteiger partial charge in [-0.1, -0.05) is 36.4 Å². The fourth-order valence-electron chi connectivity index (χ4n) is 3.28. The molecule has 4 aromatic rings. The van der Waals surface area contributed by atoms with E-state index in [0.29, 0.717) is 34.9 Å². The number of anilines is 2. The molecular weight excluding hydrogens is 447 g/mol. The second kappa shape index (κ2) is 11.5. The van der Waals surface area contributed by atoms with Crippen LogP contribution >= 0.6 is 0 Å². The molecule has 0 fully saturated rings. The molecule has 0 aliphatic heterocycles. The van der Waals surface area contributed by atoms with E-state index >= 15 is 0 Å². The van der Waals surface area contributed by atoms with E-state index in [1.54, 1.807) is 48.5 Å². The van der Waals surface area contributed by atoms with E-state index in [2.05, 4.69) is 10.6 Å². The summed E-state index contributed by atoms with van der Waals surface area (Å²) >= 11 is 0. The maximum atomic E-state index is 13.1. The average Bonchev–Trinajstić information content (AvgIpc) is 2.89. The van der Waals surface area contributed by atoms with Crippen LogP contribution in [-0.2, 0) is 0 Å². The molecule has 0 aliphatic carbocycles. The lowest BCUT2D eigenvalue weighted by molar-refractivity contribution is 0.101. The zero-order valence-electron chi connectivity index (χ0n) is 18.7. The second-order valence-corrected chi connectivity index (χ2v) is 7.50. The minimum absolute atomic E-state index is 0.262. The molecular formula is C28H23FN2O4. The molecule has 0 heterocycles. The van der Waals surface area contributed by atoms with Crippen LogP contribution < -0.4 is 20.1 Å². The lowest BCUT2D eigenvalue weighted by atomic mass is 10.1. The number of hydrogen-bond donors (Lipinski definition) is 2. The van der Waals surface area contributed by atoms with Gasteiger partial charge in [0.25, 0.3) is 11.8 Å². The summed E-state index contributed by atoms with van der Waals surface area (Å²) in [6, 6.07) is 28.3. The van der Waals surface area contributed by atoms with Crippen molar-refractivity contribution in [3.05, 3.63) is 120 Å². The van der Waals surface area contributed by atoms with Crippen molar-refractivity contribution in [3.8, 4) is 11.5 Å². The van der Waals surface area contributed by atoms with Crippen molar-refractivity contribution < 1.29 is 23.5 Å². The van der Waals surface area contributed by atoms with E-state index in [0.717, 1.165) is 5.75 Å². The molecule has 4 aromatic carbocycles.